The fourth-order valence-corrected chi connectivity index (χ4v) is 2.71. The number of nitrogens with zero attached hydrogens (tertiary/aromatic N) is 2. The van der Waals surface area contributed by atoms with Crippen molar-refractivity contribution in [2.45, 2.75) is 13.3 Å². The molecule has 1 heterocycles. The van der Waals surface area contributed by atoms with E-state index < -0.39 is 0 Å². The van der Waals surface area contributed by atoms with Crippen LogP contribution in [0.25, 0.3) is 0 Å². The quantitative estimate of drug-likeness (QED) is 0.654. The van der Waals surface area contributed by atoms with E-state index in [1.165, 1.54) is 6.07 Å². The van der Waals surface area contributed by atoms with Crippen LogP contribution in [0.1, 0.15) is 21.7 Å². The molecule has 2 aromatic carbocycles. The van der Waals surface area contributed by atoms with E-state index in [1.807, 2.05) is 24.3 Å². The minimum atomic E-state index is -0.343. The second-order valence-electron chi connectivity index (χ2n) is 6.14. The summed E-state index contributed by atoms with van der Waals surface area (Å²) < 4.78 is 19.0. The third-order valence-electron chi connectivity index (χ3n) is 4.08. The molecule has 0 atom stereocenters. The molecule has 0 radical (unpaired) electrons. The number of para-hydroxylation sites is 2. The van der Waals surface area contributed by atoms with Gasteiger partial charge in [0.05, 0.1) is 12.8 Å². The Kier molecular flexibility index (Phi) is 6.16. The molecule has 0 aliphatic carbocycles. The van der Waals surface area contributed by atoms with E-state index in [0.717, 1.165) is 0 Å². The first-order chi connectivity index (χ1) is 13.6. The number of carbonyl (C=O) groups is 1. The van der Waals surface area contributed by atoms with Crippen LogP contribution in [-0.4, -0.2) is 29.5 Å². The van der Waals surface area contributed by atoms with E-state index in [-0.39, 0.29) is 17.4 Å². The largest absolute Gasteiger partial charge is 0.495 e. The van der Waals surface area contributed by atoms with Crippen LogP contribution in [0, 0.1) is 12.7 Å². The molecule has 3 rings (SSSR count). The third kappa shape index (κ3) is 4.82. The number of aromatic nitrogens is 2. The monoisotopic (exact) mass is 380 g/mol. The molecule has 2 N–H and O–H groups in total. The zero-order valence-corrected chi connectivity index (χ0v) is 15.7. The molecule has 28 heavy (non-hydrogen) atoms. The van der Waals surface area contributed by atoms with Gasteiger partial charge >= 0.3 is 0 Å². The summed E-state index contributed by atoms with van der Waals surface area (Å²) in [6, 6.07) is 15.5. The van der Waals surface area contributed by atoms with Crippen LogP contribution in [0.3, 0.4) is 0 Å². The molecule has 7 heteroatoms. The first-order valence-corrected chi connectivity index (χ1v) is 8.84. The second kappa shape index (κ2) is 8.94. The van der Waals surface area contributed by atoms with Gasteiger partial charge in [-0.25, -0.2) is 14.4 Å². The summed E-state index contributed by atoms with van der Waals surface area (Å²) >= 11 is 0. The Morgan fingerprint density at radius 3 is 2.64 bits per heavy atom. The van der Waals surface area contributed by atoms with Gasteiger partial charge in [-0.1, -0.05) is 30.3 Å². The smallest absolute Gasteiger partial charge is 0.270 e. The number of hydrogen-bond donors (Lipinski definition) is 2. The molecule has 3 aromatic rings. The highest BCUT2D eigenvalue weighted by Crippen LogP contribution is 2.25. The number of halogens is 1. The Hall–Kier alpha value is -3.48. The van der Waals surface area contributed by atoms with Crippen molar-refractivity contribution in [3.8, 4) is 5.75 Å². The molecular weight excluding hydrogens is 359 g/mol. The van der Waals surface area contributed by atoms with Crippen LogP contribution in [0.15, 0.2) is 54.6 Å². The Morgan fingerprint density at radius 2 is 1.86 bits per heavy atom. The molecule has 0 fully saturated rings. The lowest BCUT2D eigenvalue weighted by Gasteiger charge is -2.11. The van der Waals surface area contributed by atoms with Gasteiger partial charge in [0.25, 0.3) is 5.91 Å². The molecule has 0 saturated heterocycles. The maximum atomic E-state index is 13.7. The molecule has 0 saturated carbocycles. The topological polar surface area (TPSA) is 76.1 Å². The van der Waals surface area contributed by atoms with Crippen LogP contribution >= 0.6 is 0 Å². The molecule has 1 amide bonds. The minimum Gasteiger partial charge on any atom is -0.495 e. The van der Waals surface area contributed by atoms with Gasteiger partial charge in [-0.15, -0.1) is 0 Å². The number of benzene rings is 2. The third-order valence-corrected chi connectivity index (χ3v) is 4.08. The number of carbonyl (C=O) groups excluding carboxylic acids is 1. The molecule has 0 unspecified atom stereocenters. The molecule has 144 valence electrons. The summed E-state index contributed by atoms with van der Waals surface area (Å²) in [5, 5.41) is 5.84. The number of methoxy groups -OCH3 is 1. The summed E-state index contributed by atoms with van der Waals surface area (Å²) in [4.78, 5) is 21.1. The average Bonchev–Trinajstić information content (AvgIpc) is 2.69. The van der Waals surface area contributed by atoms with Crippen LogP contribution < -0.4 is 15.4 Å². The SMILES string of the molecule is COc1ccccc1Nc1nc(C)cc(C(=O)NCCc2ccccc2F)n1. The molecule has 0 aliphatic heterocycles. The predicted molar refractivity (Wildman–Crippen MR) is 105 cm³/mol. The number of nitrogens with one attached hydrogen (secondary N) is 2. The summed E-state index contributed by atoms with van der Waals surface area (Å²) in [6.45, 7) is 2.09. The van der Waals surface area contributed by atoms with Gasteiger partial charge in [0.2, 0.25) is 5.95 Å². The number of rotatable bonds is 7. The van der Waals surface area contributed by atoms with Crippen molar-refractivity contribution < 1.29 is 13.9 Å². The maximum absolute atomic E-state index is 13.7. The van der Waals surface area contributed by atoms with E-state index in [0.29, 0.717) is 41.6 Å². The highest BCUT2D eigenvalue weighted by molar-refractivity contribution is 5.92. The zero-order valence-electron chi connectivity index (χ0n) is 15.7. The van der Waals surface area contributed by atoms with Gasteiger partial charge in [0.15, 0.2) is 0 Å². The number of hydrogen-bond acceptors (Lipinski definition) is 5. The summed E-state index contributed by atoms with van der Waals surface area (Å²) in [5.74, 6) is 0.315. The molecule has 0 bridgehead atoms. The fourth-order valence-electron chi connectivity index (χ4n) is 2.71. The van der Waals surface area contributed by atoms with Crippen molar-refractivity contribution in [1.82, 2.24) is 15.3 Å². The Morgan fingerprint density at radius 1 is 1.11 bits per heavy atom. The van der Waals surface area contributed by atoms with E-state index in [2.05, 4.69) is 20.6 Å². The Balaban J connectivity index is 1.68. The highest BCUT2D eigenvalue weighted by atomic mass is 19.1. The van der Waals surface area contributed by atoms with E-state index in [1.54, 1.807) is 38.3 Å². The Bertz CT molecular complexity index is 978. The zero-order chi connectivity index (χ0) is 19.9. The number of ether oxygens (including phenoxy) is 1. The summed E-state index contributed by atoms with van der Waals surface area (Å²) in [5.41, 5.74) is 2.13. The lowest BCUT2D eigenvalue weighted by atomic mass is 10.1. The minimum absolute atomic E-state index is 0.235. The van der Waals surface area contributed by atoms with Crippen molar-refractivity contribution >= 4 is 17.5 Å². The van der Waals surface area contributed by atoms with Gasteiger partial charge in [0, 0.05) is 12.2 Å². The predicted octanol–water partition coefficient (Wildman–Crippen LogP) is 3.65. The van der Waals surface area contributed by atoms with E-state index in [4.69, 9.17) is 4.74 Å². The average molecular weight is 380 g/mol. The van der Waals surface area contributed by atoms with Gasteiger partial charge in [-0.05, 0) is 43.2 Å². The van der Waals surface area contributed by atoms with Crippen LogP contribution in [0.2, 0.25) is 0 Å². The van der Waals surface area contributed by atoms with E-state index in [9.17, 15) is 9.18 Å². The maximum Gasteiger partial charge on any atom is 0.270 e. The van der Waals surface area contributed by atoms with Gasteiger partial charge in [-0.3, -0.25) is 4.79 Å². The van der Waals surface area contributed by atoms with Crippen LogP contribution in [-0.2, 0) is 6.42 Å². The normalized spacial score (nSPS) is 10.4. The second-order valence-corrected chi connectivity index (χ2v) is 6.14. The van der Waals surface area contributed by atoms with Crippen molar-refractivity contribution in [2.24, 2.45) is 0 Å². The lowest BCUT2D eigenvalue weighted by molar-refractivity contribution is 0.0949. The summed E-state index contributed by atoms with van der Waals surface area (Å²) in [6.07, 6.45) is 0.398. The lowest BCUT2D eigenvalue weighted by Crippen LogP contribution is -2.27. The first-order valence-electron chi connectivity index (χ1n) is 8.84. The molecule has 6 nitrogen and oxygen atoms in total. The van der Waals surface area contributed by atoms with Gasteiger partial charge in [0.1, 0.15) is 17.3 Å². The number of aryl methyl sites for hydroxylation is 1. The standard InChI is InChI=1S/C21H21FN4O2/c1-14-13-18(20(27)23-12-11-15-7-3-4-8-16(15)22)26-21(24-14)25-17-9-5-6-10-19(17)28-2/h3-10,13H,11-12H2,1-2H3,(H,23,27)(H,24,25,26). The van der Waals surface area contributed by atoms with Gasteiger partial charge < -0.3 is 15.4 Å². The highest BCUT2D eigenvalue weighted by Gasteiger charge is 2.12. The molecule has 0 aliphatic rings. The molecule has 0 spiro atoms. The van der Waals surface area contributed by atoms with Crippen molar-refractivity contribution in [2.75, 3.05) is 19.0 Å². The summed E-state index contributed by atoms with van der Waals surface area (Å²) in [7, 11) is 1.58. The fraction of sp³-hybridized carbons (Fsp3) is 0.190. The van der Waals surface area contributed by atoms with Crippen LogP contribution in [0.5, 0.6) is 5.75 Å². The van der Waals surface area contributed by atoms with Gasteiger partial charge in [-0.2, -0.15) is 0 Å². The van der Waals surface area contributed by atoms with Crippen molar-refractivity contribution in [1.29, 1.82) is 0 Å². The van der Waals surface area contributed by atoms with Crippen LogP contribution in [0.4, 0.5) is 16.0 Å². The molecular formula is C21H21FN4O2. The number of anilines is 2. The number of amides is 1. The first kappa shape index (κ1) is 19.3. The molecule has 1 aromatic heterocycles. The Labute approximate surface area is 162 Å². The van der Waals surface area contributed by atoms with E-state index >= 15 is 0 Å². The van der Waals surface area contributed by atoms with Crippen molar-refractivity contribution in [3.63, 3.8) is 0 Å². The van der Waals surface area contributed by atoms with Crippen molar-refractivity contribution in [3.05, 3.63) is 77.4 Å².